The van der Waals surface area contributed by atoms with Gasteiger partial charge in [0.05, 0.1) is 17.6 Å². The van der Waals surface area contributed by atoms with Gasteiger partial charge in [0.15, 0.2) is 0 Å². The van der Waals surface area contributed by atoms with Crippen molar-refractivity contribution in [3.8, 4) is 0 Å². The molecule has 2 aromatic rings. The number of thiophene rings is 1. The highest BCUT2D eigenvalue weighted by Crippen LogP contribution is 2.34. The van der Waals surface area contributed by atoms with E-state index in [4.69, 9.17) is 15.7 Å². The van der Waals surface area contributed by atoms with Crippen LogP contribution in [0.2, 0.25) is 5.02 Å². The number of hydrogen-bond acceptors (Lipinski definition) is 4. The third-order valence-corrected chi connectivity index (χ3v) is 6.81. The van der Waals surface area contributed by atoms with E-state index in [2.05, 4.69) is 26.0 Å². The molecule has 1 saturated heterocycles. The minimum Gasteiger partial charge on any atom is -0.325 e. The lowest BCUT2D eigenvalue weighted by atomic mass is 10.1. The number of nitrogens with one attached hydrogen (secondary N) is 2. The molecule has 1 aromatic carbocycles. The largest absolute Gasteiger partial charge is 0.325 e. The Balaban J connectivity index is 2.06. The standard InChI is InChI=1S/C15H14BrClFN3O3S2/c1-21-12(15(22)19-8-2-3-10(18)9(17)6-8)7-11(20-26(21,23)24)13-4-5-14(16)25-13/h2-6,11-12,20H,7H2,1H3,(H,19,22)/t11-,12+/m1/s1/i7D,11D,12D/t7?,11-,12+. The van der Waals surface area contributed by atoms with E-state index in [1.165, 1.54) is 12.1 Å². The number of anilines is 1. The number of rotatable bonds is 3. The molecule has 140 valence electrons. The summed E-state index contributed by atoms with van der Waals surface area (Å²) >= 11 is 9.91. The predicted octanol–water partition coefficient (Wildman–Crippen LogP) is 3.52. The molecule has 1 unspecified atom stereocenters. The number of nitrogens with zero attached hydrogens (tertiary/aromatic N) is 1. The quantitative estimate of drug-likeness (QED) is 0.698. The summed E-state index contributed by atoms with van der Waals surface area (Å²) in [6.45, 7) is 0. The molecule has 2 N–H and O–H groups in total. The lowest BCUT2D eigenvalue weighted by Gasteiger charge is -2.35. The van der Waals surface area contributed by atoms with Crippen LogP contribution in [0, 0.1) is 5.82 Å². The van der Waals surface area contributed by atoms with Gasteiger partial charge in [0.2, 0.25) is 5.91 Å². The molecular formula is C15H14BrClFN3O3S2. The topological polar surface area (TPSA) is 78.5 Å². The highest BCUT2D eigenvalue weighted by Gasteiger charge is 2.41. The number of benzene rings is 1. The van der Waals surface area contributed by atoms with Crippen molar-refractivity contribution in [1.82, 2.24) is 9.03 Å². The molecule has 3 atom stereocenters. The number of amides is 1. The van der Waals surface area contributed by atoms with E-state index in [1.807, 2.05) is 0 Å². The summed E-state index contributed by atoms with van der Waals surface area (Å²) in [6.07, 6.45) is -1.88. The van der Waals surface area contributed by atoms with Crippen molar-refractivity contribution < 1.29 is 21.7 Å². The van der Waals surface area contributed by atoms with Gasteiger partial charge >= 0.3 is 0 Å². The first-order chi connectivity index (χ1) is 13.3. The zero-order valence-corrected chi connectivity index (χ0v) is 17.1. The average molecular weight is 486 g/mol. The average Bonchev–Trinajstić information content (AvgIpc) is 3.08. The maximum atomic E-state index is 13.3. The van der Waals surface area contributed by atoms with E-state index < -0.39 is 40.4 Å². The van der Waals surface area contributed by atoms with Crippen molar-refractivity contribution in [2.75, 3.05) is 12.4 Å². The number of likely N-dealkylation sites (N-methyl/N-ethyl adjacent to an activating group) is 1. The summed E-state index contributed by atoms with van der Waals surface area (Å²) in [5.74, 6) is -1.90. The molecule has 11 heteroatoms. The second-order valence-corrected chi connectivity index (χ2v) is 9.78. The number of carbonyl (C=O) groups excluding carboxylic acids is 1. The van der Waals surface area contributed by atoms with E-state index in [-0.39, 0.29) is 15.6 Å². The Morgan fingerprint density at radius 3 is 2.88 bits per heavy atom. The fraction of sp³-hybridized carbons (Fsp3) is 0.267. The molecule has 1 aliphatic rings. The molecule has 1 amide bonds. The van der Waals surface area contributed by atoms with E-state index in [0.29, 0.717) is 8.09 Å². The Labute approximate surface area is 171 Å². The van der Waals surface area contributed by atoms with Crippen LogP contribution in [0.1, 0.15) is 21.4 Å². The number of carbonyl (C=O) groups is 1. The molecule has 0 bridgehead atoms. The Kier molecular flexibility index (Phi) is 4.62. The summed E-state index contributed by atoms with van der Waals surface area (Å²) in [4.78, 5) is 13.1. The van der Waals surface area contributed by atoms with Crippen LogP contribution in [-0.4, -0.2) is 31.7 Å². The lowest BCUT2D eigenvalue weighted by molar-refractivity contribution is -0.120. The molecule has 6 nitrogen and oxygen atoms in total. The Morgan fingerprint density at radius 1 is 1.54 bits per heavy atom. The number of hydrogen-bond donors (Lipinski definition) is 2. The summed E-state index contributed by atoms with van der Waals surface area (Å²) < 4.78 is 67.4. The van der Waals surface area contributed by atoms with Crippen molar-refractivity contribution in [2.24, 2.45) is 0 Å². The monoisotopic (exact) mass is 484 g/mol. The Bertz CT molecular complexity index is 1090. The fourth-order valence-corrected chi connectivity index (χ4v) is 4.73. The van der Waals surface area contributed by atoms with Gasteiger partial charge < -0.3 is 5.32 Å². The number of halogens is 3. The molecule has 0 radical (unpaired) electrons. The predicted molar refractivity (Wildman–Crippen MR) is 103 cm³/mol. The van der Waals surface area contributed by atoms with Crippen LogP contribution < -0.4 is 10.0 Å². The molecule has 2 heterocycles. The Morgan fingerprint density at radius 2 is 2.27 bits per heavy atom. The first-order valence-corrected chi connectivity index (χ1v) is 10.5. The maximum Gasteiger partial charge on any atom is 0.280 e. The molecular weight excluding hydrogens is 469 g/mol. The third kappa shape index (κ3) is 4.10. The highest BCUT2D eigenvalue weighted by molar-refractivity contribution is 9.11. The van der Waals surface area contributed by atoms with Crippen molar-refractivity contribution in [2.45, 2.75) is 18.4 Å². The first-order valence-electron chi connectivity index (χ1n) is 8.62. The van der Waals surface area contributed by atoms with Crippen LogP contribution in [0.5, 0.6) is 0 Å². The van der Waals surface area contributed by atoms with Crippen LogP contribution in [0.25, 0.3) is 0 Å². The lowest BCUT2D eigenvalue weighted by Crippen LogP contribution is -2.55. The van der Waals surface area contributed by atoms with Crippen LogP contribution in [0.4, 0.5) is 10.1 Å². The van der Waals surface area contributed by atoms with Gasteiger partial charge in [0.25, 0.3) is 10.2 Å². The van der Waals surface area contributed by atoms with E-state index in [9.17, 15) is 17.6 Å². The van der Waals surface area contributed by atoms with Crippen molar-refractivity contribution in [3.63, 3.8) is 0 Å². The van der Waals surface area contributed by atoms with Crippen molar-refractivity contribution in [1.29, 1.82) is 0 Å². The van der Waals surface area contributed by atoms with Crippen molar-refractivity contribution >= 4 is 60.7 Å². The Hall–Kier alpha value is -1.04. The summed E-state index contributed by atoms with van der Waals surface area (Å²) in [5.41, 5.74) is 0.0130. The van der Waals surface area contributed by atoms with Gasteiger partial charge in [-0.25, -0.2) is 4.39 Å². The molecule has 26 heavy (non-hydrogen) atoms. The van der Waals surface area contributed by atoms with Crippen LogP contribution in [0.15, 0.2) is 34.1 Å². The van der Waals surface area contributed by atoms with Crippen LogP contribution in [0.3, 0.4) is 0 Å². The minimum atomic E-state index is -4.47. The molecule has 0 aliphatic carbocycles. The fourth-order valence-electron chi connectivity index (χ4n) is 2.15. The van der Waals surface area contributed by atoms with Gasteiger partial charge in [-0.2, -0.15) is 17.4 Å². The first kappa shape index (κ1) is 16.0. The van der Waals surface area contributed by atoms with Gasteiger partial charge in [0.1, 0.15) is 11.8 Å². The van der Waals surface area contributed by atoms with E-state index in [0.717, 1.165) is 30.5 Å². The SMILES string of the molecule is [2H]C1[C@]([2H])(c2ccc(Br)s2)NS(=O)(=O)N(C)[C@]1([2H])C(=O)Nc1ccc(F)c(Cl)c1. The molecule has 1 fully saturated rings. The van der Waals surface area contributed by atoms with Gasteiger partial charge in [-0.05, 0) is 52.7 Å². The zero-order valence-electron chi connectivity index (χ0n) is 16.1. The van der Waals surface area contributed by atoms with E-state index >= 15 is 0 Å². The van der Waals surface area contributed by atoms with Gasteiger partial charge in [-0.3, -0.25) is 4.79 Å². The van der Waals surface area contributed by atoms with Crippen LogP contribution in [-0.2, 0) is 15.0 Å². The van der Waals surface area contributed by atoms with Gasteiger partial charge in [0, 0.05) is 19.0 Å². The molecule has 3 rings (SSSR count). The van der Waals surface area contributed by atoms with Crippen LogP contribution >= 0.6 is 38.9 Å². The maximum absolute atomic E-state index is 13.3. The second-order valence-electron chi connectivity index (χ2n) is 5.20. The van der Waals surface area contributed by atoms with E-state index in [1.54, 1.807) is 6.07 Å². The molecule has 1 aliphatic heterocycles. The van der Waals surface area contributed by atoms with Crippen molar-refractivity contribution in [3.05, 3.63) is 49.8 Å². The molecule has 1 aromatic heterocycles. The minimum absolute atomic E-state index is 0.0130. The van der Waals surface area contributed by atoms with Gasteiger partial charge in [-0.15, -0.1) is 11.3 Å². The van der Waals surface area contributed by atoms with Gasteiger partial charge in [-0.1, -0.05) is 11.6 Å². The smallest absolute Gasteiger partial charge is 0.280 e. The zero-order chi connectivity index (χ0) is 21.8. The third-order valence-electron chi connectivity index (χ3n) is 3.47. The molecule has 0 saturated carbocycles. The summed E-state index contributed by atoms with van der Waals surface area (Å²) in [7, 11) is -3.50. The highest BCUT2D eigenvalue weighted by atomic mass is 79.9. The second kappa shape index (κ2) is 7.53. The normalized spacial score (nSPS) is 33.1. The summed E-state index contributed by atoms with van der Waals surface area (Å²) in [5, 5.41) is 2.01. The summed E-state index contributed by atoms with van der Waals surface area (Å²) in [6, 6.07) is 1.29. The molecule has 0 spiro atoms.